The lowest BCUT2D eigenvalue weighted by Crippen LogP contribution is -2.51. The van der Waals surface area contributed by atoms with Gasteiger partial charge in [-0.15, -0.1) is 22.7 Å². The van der Waals surface area contributed by atoms with E-state index in [1.54, 1.807) is 12.1 Å². The summed E-state index contributed by atoms with van der Waals surface area (Å²) in [5.41, 5.74) is 3.93. The van der Waals surface area contributed by atoms with Crippen LogP contribution in [0, 0.1) is 11.8 Å². The predicted octanol–water partition coefficient (Wildman–Crippen LogP) is 14.8. The molecular weight excluding hydrogens is 1220 g/mol. The van der Waals surface area contributed by atoms with Gasteiger partial charge in [0.25, 0.3) is 0 Å². The Morgan fingerprint density at radius 2 is 0.670 bits per heavy atom. The van der Waals surface area contributed by atoms with E-state index < -0.39 is 46.9 Å². The Morgan fingerprint density at radius 1 is 0.398 bits per heavy atom. The number of allylic oxidation sites excluding steroid dienone is 8. The molecular formula is C72H46O10S6. The molecule has 2 atom stereocenters. The van der Waals surface area contributed by atoms with Crippen LogP contribution in [0.25, 0.3) is 23.3 Å². The normalized spacial score (nSPS) is 17.7. The standard InChI is InChI=1S/C72H46O10S6/c73-67(77-37-41-17-5-1-6-18-41)71(68(74)78-38-42-19-7-2-8-20-42)57-35-47(33-55-61(83)49-25-13-14-26-50(49)62(55)84)87-65(57)53-29-46-32-60-54(30-45(46)31-59(53)81-71)66-58(36-48(88-66)34-56-63(85)51-27-15-16-28-52(51)64(56)86)72(82-60,69(75)79-39-43-21-9-3-10-22-43)70(76)80-40-44-23-11-4-12-24-44/h1-36,45-46H,37-40H2. The SMILES string of the molecule is O=C(OCc1ccccc1)C1(C(=O)OCc2ccccc2)OC2=CC3C=C4C(=CC3C=C2c2sc(C=C3C(=S)c5ccccc5C3=S)cc21)OC(C(=O)OCc1ccccc1)(C(=O)OCc1ccccc1)c1cc(C=C2C(=S)c3ccccc3C2=S)sc14. The molecule has 0 saturated carbocycles. The van der Waals surface area contributed by atoms with Gasteiger partial charge in [-0.2, -0.15) is 0 Å². The van der Waals surface area contributed by atoms with E-state index in [-0.39, 0.29) is 49.1 Å². The average molecular weight is 1260 g/mol. The Balaban J connectivity index is 0.921. The van der Waals surface area contributed by atoms with E-state index in [0.29, 0.717) is 83.5 Å². The van der Waals surface area contributed by atoms with Crippen molar-refractivity contribution in [2.45, 2.75) is 37.6 Å². The number of rotatable bonds is 14. The van der Waals surface area contributed by atoms with Crippen LogP contribution in [0.2, 0.25) is 0 Å². The first-order chi connectivity index (χ1) is 42.9. The highest BCUT2D eigenvalue weighted by molar-refractivity contribution is 7.84. The zero-order chi connectivity index (χ0) is 60.3. The lowest BCUT2D eigenvalue weighted by atomic mass is 9.75. The van der Waals surface area contributed by atoms with Crippen LogP contribution >= 0.6 is 71.5 Å². The Labute approximate surface area is 535 Å². The van der Waals surface area contributed by atoms with E-state index in [1.807, 2.05) is 206 Å². The zero-order valence-electron chi connectivity index (χ0n) is 46.3. The minimum absolute atomic E-state index is 0.173. The monoisotopic (exact) mass is 1260 g/mol. The average Bonchev–Trinajstić information content (AvgIpc) is 1.37. The molecule has 0 radical (unpaired) electrons. The second kappa shape index (κ2) is 23.3. The second-order valence-corrected chi connectivity index (χ2v) is 25.3. The zero-order valence-corrected chi connectivity index (χ0v) is 51.2. The van der Waals surface area contributed by atoms with Crippen LogP contribution in [0.3, 0.4) is 0 Å². The van der Waals surface area contributed by atoms with Gasteiger partial charge in [0.15, 0.2) is 0 Å². The quantitative estimate of drug-likeness (QED) is 0.0337. The summed E-state index contributed by atoms with van der Waals surface area (Å²) in [6, 6.07) is 55.5. The fourth-order valence-corrected chi connectivity index (χ4v) is 15.5. The summed E-state index contributed by atoms with van der Waals surface area (Å²) >= 11 is 26.8. The molecule has 8 aromatic rings. The number of hydrogen-bond acceptors (Lipinski definition) is 16. The Morgan fingerprint density at radius 3 is 0.955 bits per heavy atom. The van der Waals surface area contributed by atoms with Gasteiger partial charge in [-0.1, -0.05) is 231 Å². The highest BCUT2D eigenvalue weighted by atomic mass is 32.1. The minimum Gasteiger partial charge on any atom is -0.459 e. The van der Waals surface area contributed by atoms with Gasteiger partial charge in [0.1, 0.15) is 37.9 Å². The van der Waals surface area contributed by atoms with Crippen molar-refractivity contribution in [3.8, 4) is 0 Å². The van der Waals surface area contributed by atoms with Crippen LogP contribution in [0.4, 0.5) is 0 Å². The van der Waals surface area contributed by atoms with E-state index >= 15 is 19.2 Å². The molecule has 0 fully saturated rings. The molecule has 6 aliphatic rings. The lowest BCUT2D eigenvalue weighted by molar-refractivity contribution is -0.191. The summed E-state index contributed by atoms with van der Waals surface area (Å²) in [4.78, 5) is 66.1. The van der Waals surface area contributed by atoms with Crippen LogP contribution in [0.15, 0.2) is 229 Å². The van der Waals surface area contributed by atoms with E-state index in [2.05, 4.69) is 0 Å². The summed E-state index contributed by atoms with van der Waals surface area (Å²) in [5, 5.41) is 0. The predicted molar refractivity (Wildman–Crippen MR) is 354 cm³/mol. The van der Waals surface area contributed by atoms with Crippen molar-refractivity contribution >= 4 is 138 Å². The molecule has 14 rings (SSSR count). The Bertz CT molecular complexity index is 4040. The van der Waals surface area contributed by atoms with Crippen molar-refractivity contribution in [2.24, 2.45) is 11.8 Å². The number of benzene rings is 6. The maximum absolute atomic E-state index is 15.4. The van der Waals surface area contributed by atoms with Crippen molar-refractivity contribution in [3.05, 3.63) is 304 Å². The van der Waals surface area contributed by atoms with Crippen molar-refractivity contribution < 1.29 is 47.6 Å². The van der Waals surface area contributed by atoms with Gasteiger partial charge in [0.2, 0.25) is 0 Å². The van der Waals surface area contributed by atoms with Gasteiger partial charge >= 0.3 is 35.1 Å². The minimum atomic E-state index is -2.48. The highest BCUT2D eigenvalue weighted by Gasteiger charge is 2.62. The van der Waals surface area contributed by atoms with Crippen molar-refractivity contribution in [1.29, 1.82) is 0 Å². The molecule has 2 aromatic heterocycles. The number of carbonyl (C=O) groups excluding carboxylic acids is 4. The molecule has 88 heavy (non-hydrogen) atoms. The van der Waals surface area contributed by atoms with Crippen molar-refractivity contribution in [3.63, 3.8) is 0 Å². The fourth-order valence-electron chi connectivity index (χ4n) is 11.7. The molecule has 4 aliphatic carbocycles. The van der Waals surface area contributed by atoms with Gasteiger partial charge in [0.05, 0.1) is 19.5 Å². The van der Waals surface area contributed by atoms with Crippen LogP contribution in [0.5, 0.6) is 0 Å². The molecule has 0 amide bonds. The number of hydrogen-bond donors (Lipinski definition) is 0. The topological polar surface area (TPSA) is 124 Å². The Kier molecular flexibility index (Phi) is 15.0. The molecule has 2 aliphatic heterocycles. The number of thiophene rings is 2. The van der Waals surface area contributed by atoms with E-state index in [1.165, 1.54) is 22.7 Å². The molecule has 0 saturated heterocycles. The van der Waals surface area contributed by atoms with Crippen LogP contribution in [0.1, 0.15) is 75.1 Å². The first kappa shape index (κ1) is 56.8. The first-order valence-corrected chi connectivity index (χ1v) is 31.3. The fraction of sp³-hybridized carbons (Fsp3) is 0.111. The smallest absolute Gasteiger partial charge is 0.367 e. The van der Waals surface area contributed by atoms with Crippen molar-refractivity contribution in [1.82, 2.24) is 0 Å². The highest BCUT2D eigenvalue weighted by Crippen LogP contribution is 2.56. The molecule has 0 bridgehead atoms. The van der Waals surface area contributed by atoms with E-state index in [4.69, 9.17) is 77.3 Å². The molecule has 2 unspecified atom stereocenters. The molecule has 0 spiro atoms. The maximum Gasteiger partial charge on any atom is 0.367 e. The third kappa shape index (κ3) is 9.99. The van der Waals surface area contributed by atoms with Gasteiger partial charge in [-0.05, 0) is 58.7 Å². The summed E-state index contributed by atoms with van der Waals surface area (Å²) in [6.45, 7) is -0.693. The third-order valence-corrected chi connectivity index (χ3v) is 20.0. The number of thiocarbonyl (C=S) groups is 4. The summed E-state index contributed by atoms with van der Waals surface area (Å²) in [5.74, 6) is -4.56. The van der Waals surface area contributed by atoms with Crippen molar-refractivity contribution in [2.75, 3.05) is 0 Å². The summed E-state index contributed by atoms with van der Waals surface area (Å²) < 4.78 is 38.6. The van der Waals surface area contributed by atoms with Crippen LogP contribution < -0.4 is 0 Å². The molecule has 10 nitrogen and oxygen atoms in total. The third-order valence-electron chi connectivity index (χ3n) is 16.0. The van der Waals surface area contributed by atoms with Gasteiger partial charge in [-0.3, -0.25) is 0 Å². The van der Waals surface area contributed by atoms with Gasteiger partial charge in [0, 0.05) is 87.0 Å². The number of ether oxygens (including phenoxy) is 6. The maximum atomic E-state index is 15.4. The summed E-state index contributed by atoms with van der Waals surface area (Å²) in [7, 11) is 0. The molecule has 16 heteroatoms. The Hall–Kier alpha value is -9.00. The molecule has 4 heterocycles. The first-order valence-electron chi connectivity index (χ1n) is 28.1. The second-order valence-electron chi connectivity index (χ2n) is 21.5. The molecule has 6 aromatic carbocycles. The molecule has 430 valence electrons. The summed E-state index contributed by atoms with van der Waals surface area (Å²) in [6.07, 6.45) is 11.5. The number of fused-ring (bicyclic) bond motifs is 9. The van der Waals surface area contributed by atoms with Gasteiger partial charge < -0.3 is 28.4 Å². The lowest BCUT2D eigenvalue weighted by Gasteiger charge is -2.41. The molecule has 0 N–H and O–H groups in total. The number of esters is 4. The van der Waals surface area contributed by atoms with Crippen LogP contribution in [-0.4, -0.2) is 43.3 Å². The van der Waals surface area contributed by atoms with Gasteiger partial charge in [-0.25, -0.2) is 19.2 Å². The van der Waals surface area contributed by atoms with Crippen LogP contribution in [-0.2, 0) is 85.2 Å². The van der Waals surface area contributed by atoms with E-state index in [9.17, 15) is 0 Å². The largest absolute Gasteiger partial charge is 0.459 e. The number of carbonyl (C=O) groups is 4. The van der Waals surface area contributed by atoms with E-state index in [0.717, 1.165) is 22.3 Å².